The predicted molar refractivity (Wildman–Crippen MR) is 101 cm³/mol. The van der Waals surface area contributed by atoms with E-state index in [1.807, 2.05) is 49.5 Å². The smallest absolute Gasteiger partial charge is 0.234 e. The van der Waals surface area contributed by atoms with Crippen LogP contribution >= 0.6 is 11.8 Å². The van der Waals surface area contributed by atoms with E-state index in [2.05, 4.69) is 10.3 Å². The number of benzene rings is 1. The van der Waals surface area contributed by atoms with Gasteiger partial charge in [-0.2, -0.15) is 0 Å². The first-order valence-electron chi connectivity index (χ1n) is 8.78. The summed E-state index contributed by atoms with van der Waals surface area (Å²) in [5.74, 6) is 2.15. The van der Waals surface area contributed by atoms with E-state index in [1.165, 1.54) is 0 Å². The van der Waals surface area contributed by atoms with E-state index in [-0.39, 0.29) is 11.3 Å². The second kappa shape index (κ2) is 7.87. The Balaban J connectivity index is 1.45. The highest BCUT2D eigenvalue weighted by molar-refractivity contribution is 8.00. The van der Waals surface area contributed by atoms with Crippen LogP contribution in [0.2, 0.25) is 0 Å². The SMILES string of the molecule is CCOc1ccc(Cn2cc([C@@H]3SCC(=O)N3Cc3ccco3)nn2)cc1. The highest BCUT2D eigenvalue weighted by Crippen LogP contribution is 2.38. The van der Waals surface area contributed by atoms with Crippen molar-refractivity contribution >= 4 is 17.7 Å². The van der Waals surface area contributed by atoms with Gasteiger partial charge in [0.15, 0.2) is 0 Å². The van der Waals surface area contributed by atoms with Crippen molar-refractivity contribution in [1.29, 1.82) is 0 Å². The van der Waals surface area contributed by atoms with Crippen molar-refractivity contribution < 1.29 is 13.9 Å². The summed E-state index contributed by atoms with van der Waals surface area (Å²) >= 11 is 1.56. The van der Waals surface area contributed by atoms with E-state index < -0.39 is 0 Å². The van der Waals surface area contributed by atoms with E-state index in [0.717, 1.165) is 22.8 Å². The molecule has 1 amide bonds. The fraction of sp³-hybridized carbons (Fsp3) is 0.316. The molecule has 3 heterocycles. The number of carbonyl (C=O) groups excluding carboxylic acids is 1. The number of aromatic nitrogens is 3. The van der Waals surface area contributed by atoms with Gasteiger partial charge in [-0.3, -0.25) is 4.79 Å². The van der Waals surface area contributed by atoms with E-state index >= 15 is 0 Å². The normalized spacial score (nSPS) is 16.9. The van der Waals surface area contributed by atoms with Crippen LogP contribution in [0.4, 0.5) is 0 Å². The Morgan fingerprint density at radius 3 is 2.85 bits per heavy atom. The summed E-state index contributed by atoms with van der Waals surface area (Å²) in [6.45, 7) is 3.67. The van der Waals surface area contributed by atoms with Gasteiger partial charge in [0.05, 0.1) is 37.9 Å². The highest BCUT2D eigenvalue weighted by atomic mass is 32.2. The molecule has 1 aromatic carbocycles. The average Bonchev–Trinajstić information content (AvgIpc) is 3.41. The molecule has 0 N–H and O–H groups in total. The Labute approximate surface area is 161 Å². The molecule has 1 aliphatic heterocycles. The summed E-state index contributed by atoms with van der Waals surface area (Å²) in [7, 11) is 0. The number of carbonyl (C=O) groups is 1. The van der Waals surface area contributed by atoms with Crippen LogP contribution in [0, 0.1) is 0 Å². The zero-order valence-corrected chi connectivity index (χ0v) is 15.8. The van der Waals surface area contributed by atoms with E-state index in [0.29, 0.717) is 25.4 Å². The standard InChI is InChI=1S/C19H20N4O3S/c1-2-25-15-7-5-14(6-8-15)10-22-12-17(20-21-22)19-23(18(24)13-27-19)11-16-4-3-9-26-16/h3-9,12,19H,2,10-11,13H2,1H3/t19-/m0/s1. The first-order chi connectivity index (χ1) is 13.2. The van der Waals surface area contributed by atoms with Crippen LogP contribution in [0.1, 0.15) is 29.3 Å². The van der Waals surface area contributed by atoms with Crippen LogP contribution in [-0.2, 0) is 17.9 Å². The Hall–Kier alpha value is -2.74. The minimum Gasteiger partial charge on any atom is -0.494 e. The average molecular weight is 384 g/mol. The van der Waals surface area contributed by atoms with Crippen molar-refractivity contribution in [3.63, 3.8) is 0 Å². The van der Waals surface area contributed by atoms with E-state index in [4.69, 9.17) is 9.15 Å². The van der Waals surface area contributed by atoms with Crippen LogP contribution in [0.25, 0.3) is 0 Å². The van der Waals surface area contributed by atoms with Gasteiger partial charge in [0.25, 0.3) is 0 Å². The van der Waals surface area contributed by atoms with Crippen molar-refractivity contribution in [3.8, 4) is 5.75 Å². The second-order valence-electron chi connectivity index (χ2n) is 6.18. The number of hydrogen-bond donors (Lipinski definition) is 0. The largest absolute Gasteiger partial charge is 0.494 e. The molecular formula is C19H20N4O3S. The Morgan fingerprint density at radius 1 is 1.26 bits per heavy atom. The van der Waals surface area contributed by atoms with Crippen molar-refractivity contribution in [2.75, 3.05) is 12.4 Å². The van der Waals surface area contributed by atoms with Gasteiger partial charge in [0, 0.05) is 0 Å². The molecule has 2 aromatic heterocycles. The maximum Gasteiger partial charge on any atom is 0.234 e. The fourth-order valence-electron chi connectivity index (χ4n) is 2.99. The third-order valence-corrected chi connectivity index (χ3v) is 5.49. The molecular weight excluding hydrogens is 364 g/mol. The number of ether oxygens (including phenoxy) is 1. The van der Waals surface area contributed by atoms with Gasteiger partial charge in [0.2, 0.25) is 5.91 Å². The number of hydrogen-bond acceptors (Lipinski definition) is 6. The van der Waals surface area contributed by atoms with Crippen LogP contribution in [0.5, 0.6) is 5.75 Å². The lowest BCUT2D eigenvalue weighted by Crippen LogP contribution is -2.27. The Kier molecular flexibility index (Phi) is 5.15. The van der Waals surface area contributed by atoms with Gasteiger partial charge in [-0.15, -0.1) is 16.9 Å². The highest BCUT2D eigenvalue weighted by Gasteiger charge is 2.35. The van der Waals surface area contributed by atoms with Crippen molar-refractivity contribution in [3.05, 3.63) is 65.9 Å². The summed E-state index contributed by atoms with van der Waals surface area (Å²) in [6, 6.07) is 11.6. The summed E-state index contributed by atoms with van der Waals surface area (Å²) in [4.78, 5) is 14.1. The van der Waals surface area contributed by atoms with Gasteiger partial charge in [-0.1, -0.05) is 17.3 Å². The zero-order chi connectivity index (χ0) is 18.6. The Bertz CT molecular complexity index is 892. The maximum atomic E-state index is 12.3. The molecule has 0 radical (unpaired) electrons. The molecule has 1 aliphatic rings. The van der Waals surface area contributed by atoms with Gasteiger partial charge in [-0.25, -0.2) is 4.68 Å². The van der Waals surface area contributed by atoms with Crippen LogP contribution in [0.15, 0.2) is 53.3 Å². The minimum atomic E-state index is -0.142. The zero-order valence-electron chi connectivity index (χ0n) is 14.9. The molecule has 140 valence electrons. The molecule has 8 heteroatoms. The van der Waals surface area contributed by atoms with Crippen LogP contribution in [-0.4, -0.2) is 38.2 Å². The van der Waals surface area contributed by atoms with Gasteiger partial charge in [-0.05, 0) is 36.8 Å². The van der Waals surface area contributed by atoms with Crippen molar-refractivity contribution in [2.24, 2.45) is 0 Å². The van der Waals surface area contributed by atoms with Gasteiger partial charge < -0.3 is 14.1 Å². The molecule has 4 rings (SSSR count). The van der Waals surface area contributed by atoms with Crippen molar-refractivity contribution in [2.45, 2.75) is 25.4 Å². The monoisotopic (exact) mass is 384 g/mol. The molecule has 27 heavy (non-hydrogen) atoms. The third-order valence-electron chi connectivity index (χ3n) is 4.26. The fourth-order valence-corrected chi connectivity index (χ4v) is 4.11. The van der Waals surface area contributed by atoms with Crippen molar-refractivity contribution in [1.82, 2.24) is 19.9 Å². The first kappa shape index (κ1) is 17.7. The van der Waals surface area contributed by atoms with E-state index in [9.17, 15) is 4.79 Å². The Morgan fingerprint density at radius 2 is 2.11 bits per heavy atom. The maximum absolute atomic E-state index is 12.3. The summed E-state index contributed by atoms with van der Waals surface area (Å²) in [5.41, 5.74) is 1.89. The van der Waals surface area contributed by atoms with E-state index in [1.54, 1.807) is 27.6 Å². The molecule has 1 fully saturated rings. The lowest BCUT2D eigenvalue weighted by Gasteiger charge is -2.20. The summed E-state index contributed by atoms with van der Waals surface area (Å²) in [5, 5.41) is 8.39. The quantitative estimate of drug-likeness (QED) is 0.623. The molecule has 0 spiro atoms. The third kappa shape index (κ3) is 4.00. The minimum absolute atomic E-state index is 0.0856. The second-order valence-corrected chi connectivity index (χ2v) is 7.25. The summed E-state index contributed by atoms with van der Waals surface area (Å²) < 4.78 is 12.6. The molecule has 0 unspecified atom stereocenters. The molecule has 7 nitrogen and oxygen atoms in total. The van der Waals surface area contributed by atoms with Crippen LogP contribution in [0.3, 0.4) is 0 Å². The topological polar surface area (TPSA) is 73.4 Å². The molecule has 1 saturated heterocycles. The van der Waals surface area contributed by atoms with Gasteiger partial charge >= 0.3 is 0 Å². The number of thioether (sulfide) groups is 1. The van der Waals surface area contributed by atoms with Gasteiger partial charge in [0.1, 0.15) is 22.6 Å². The molecule has 0 bridgehead atoms. The molecule has 3 aromatic rings. The number of rotatable bonds is 7. The lowest BCUT2D eigenvalue weighted by atomic mass is 10.2. The first-order valence-corrected chi connectivity index (χ1v) is 9.83. The number of furan rings is 1. The molecule has 0 aliphatic carbocycles. The predicted octanol–water partition coefficient (Wildman–Crippen LogP) is 3.09. The summed E-state index contributed by atoms with van der Waals surface area (Å²) in [6.07, 6.45) is 3.52. The number of amides is 1. The van der Waals surface area contributed by atoms with Crippen LogP contribution < -0.4 is 4.74 Å². The molecule has 0 saturated carbocycles. The molecule has 1 atom stereocenters. The number of nitrogens with zero attached hydrogens (tertiary/aromatic N) is 4. The lowest BCUT2D eigenvalue weighted by molar-refractivity contribution is -0.128.